The van der Waals surface area contributed by atoms with Gasteiger partial charge < -0.3 is 4.74 Å². The van der Waals surface area contributed by atoms with E-state index in [0.717, 1.165) is 24.8 Å². The van der Waals surface area contributed by atoms with Crippen LogP contribution in [0.5, 0.6) is 0 Å². The minimum Gasteiger partial charge on any atom is -0.458 e. The lowest BCUT2D eigenvalue weighted by molar-refractivity contribution is -0.141. The third-order valence-corrected chi connectivity index (χ3v) is 5.19. The Morgan fingerprint density at radius 3 is 2.67 bits per heavy atom. The second-order valence-electron chi connectivity index (χ2n) is 5.61. The van der Waals surface area contributed by atoms with E-state index in [4.69, 9.17) is 16.3 Å². The molecule has 0 bridgehead atoms. The molecule has 2 aliphatic carbocycles. The van der Waals surface area contributed by atoms with Crippen LogP contribution in [0.2, 0.25) is 0 Å². The molecule has 0 amide bonds. The minimum absolute atomic E-state index is 0.0249. The molecule has 1 heterocycles. The van der Waals surface area contributed by atoms with E-state index in [9.17, 15) is 4.79 Å². The molecule has 0 unspecified atom stereocenters. The van der Waals surface area contributed by atoms with E-state index in [0.29, 0.717) is 11.5 Å². The number of hydrogen-bond acceptors (Lipinski definition) is 2. The number of halogens is 1. The van der Waals surface area contributed by atoms with Gasteiger partial charge in [-0.05, 0) is 25.2 Å². The van der Waals surface area contributed by atoms with Crippen LogP contribution in [0.15, 0.2) is 36.5 Å². The molecule has 5 atom stereocenters. The van der Waals surface area contributed by atoms with Crippen molar-refractivity contribution in [2.75, 3.05) is 0 Å². The zero-order valence-electron chi connectivity index (χ0n) is 10.3. The maximum atomic E-state index is 11.7. The van der Waals surface area contributed by atoms with Gasteiger partial charge in [-0.15, -0.1) is 11.6 Å². The van der Waals surface area contributed by atoms with E-state index < -0.39 is 0 Å². The summed E-state index contributed by atoms with van der Waals surface area (Å²) in [5, 5.41) is -0.0249. The number of fused-ring (bicyclic) bond motifs is 3. The van der Waals surface area contributed by atoms with Crippen LogP contribution in [0, 0.1) is 17.8 Å². The molecule has 3 aliphatic rings. The number of hydrogen-bond donors (Lipinski definition) is 0. The average molecular weight is 265 g/mol. The highest BCUT2D eigenvalue weighted by Crippen LogP contribution is 2.53. The van der Waals surface area contributed by atoms with Crippen LogP contribution in [-0.2, 0) is 9.53 Å². The fourth-order valence-corrected chi connectivity index (χ4v) is 4.01. The predicted octanol–water partition coefficient (Wildman–Crippen LogP) is 3.23. The predicted molar refractivity (Wildman–Crippen MR) is 71.3 cm³/mol. The van der Waals surface area contributed by atoms with Crippen molar-refractivity contribution in [1.29, 1.82) is 0 Å². The Labute approximate surface area is 112 Å². The standard InChI is InChI=1S/C15H17ClO2/c1-7-4-5-10-8(2)15(17)18-14(10)13-9(3)12(16)6-11(7)13/h10-14H,1-6H2/t10-,11-,12-,13-,14-/m0/s1. The van der Waals surface area contributed by atoms with Gasteiger partial charge in [0, 0.05) is 17.4 Å². The number of alkyl halides is 1. The smallest absolute Gasteiger partial charge is 0.334 e. The molecule has 2 nitrogen and oxygen atoms in total. The van der Waals surface area contributed by atoms with Gasteiger partial charge in [-0.25, -0.2) is 4.79 Å². The van der Waals surface area contributed by atoms with Gasteiger partial charge in [0.2, 0.25) is 0 Å². The lowest BCUT2D eigenvalue weighted by Gasteiger charge is -2.26. The molecule has 1 aliphatic heterocycles. The average Bonchev–Trinajstić information content (AvgIpc) is 2.72. The van der Waals surface area contributed by atoms with Gasteiger partial charge in [0.25, 0.3) is 0 Å². The zero-order chi connectivity index (χ0) is 13.0. The van der Waals surface area contributed by atoms with Crippen molar-refractivity contribution in [1.82, 2.24) is 0 Å². The van der Waals surface area contributed by atoms with Gasteiger partial charge in [0.15, 0.2) is 0 Å². The molecular weight excluding hydrogens is 248 g/mol. The molecule has 0 aromatic carbocycles. The summed E-state index contributed by atoms with van der Waals surface area (Å²) in [6.45, 7) is 12.2. The summed E-state index contributed by atoms with van der Waals surface area (Å²) >= 11 is 6.32. The van der Waals surface area contributed by atoms with E-state index in [-0.39, 0.29) is 29.3 Å². The Kier molecular flexibility index (Phi) is 2.67. The van der Waals surface area contributed by atoms with Crippen LogP contribution >= 0.6 is 11.6 Å². The molecule has 0 aromatic heterocycles. The number of esters is 1. The van der Waals surface area contributed by atoms with E-state index in [1.165, 1.54) is 5.57 Å². The third-order valence-electron chi connectivity index (χ3n) is 4.73. The van der Waals surface area contributed by atoms with Crippen LogP contribution in [0.25, 0.3) is 0 Å². The van der Waals surface area contributed by atoms with Crippen LogP contribution in [-0.4, -0.2) is 17.5 Å². The molecule has 1 saturated heterocycles. The first-order valence-corrected chi connectivity index (χ1v) is 6.84. The SMILES string of the molecule is C=C1[C@@H]2[C@H]3OC(=O)C(=C)[C@@H]3CCC(=C)[C@@H]2C[C@@H]1Cl. The molecule has 0 spiro atoms. The lowest BCUT2D eigenvalue weighted by Crippen LogP contribution is -2.29. The van der Waals surface area contributed by atoms with Gasteiger partial charge in [0.1, 0.15) is 6.10 Å². The van der Waals surface area contributed by atoms with Crippen LogP contribution in [0.4, 0.5) is 0 Å². The summed E-state index contributed by atoms with van der Waals surface area (Å²) in [4.78, 5) is 11.7. The zero-order valence-corrected chi connectivity index (χ0v) is 11.1. The van der Waals surface area contributed by atoms with Gasteiger partial charge in [-0.1, -0.05) is 30.9 Å². The molecule has 0 radical (unpaired) electrons. The number of carbonyl (C=O) groups excluding carboxylic acids is 1. The molecule has 2 saturated carbocycles. The Morgan fingerprint density at radius 1 is 1.22 bits per heavy atom. The number of carbonyl (C=O) groups is 1. The second-order valence-corrected chi connectivity index (χ2v) is 6.14. The monoisotopic (exact) mass is 264 g/mol. The van der Waals surface area contributed by atoms with Crippen molar-refractivity contribution in [3.05, 3.63) is 36.5 Å². The lowest BCUT2D eigenvalue weighted by atomic mass is 9.82. The molecule has 0 aromatic rings. The maximum absolute atomic E-state index is 11.7. The maximum Gasteiger partial charge on any atom is 0.334 e. The Bertz CT molecular complexity index is 465. The minimum atomic E-state index is -0.248. The van der Waals surface area contributed by atoms with Gasteiger partial charge in [0.05, 0.1) is 5.38 Å². The van der Waals surface area contributed by atoms with E-state index in [1.807, 2.05) is 0 Å². The van der Waals surface area contributed by atoms with Gasteiger partial charge in [-0.3, -0.25) is 0 Å². The Hall–Kier alpha value is -1.02. The third kappa shape index (κ3) is 1.51. The summed E-state index contributed by atoms with van der Waals surface area (Å²) in [5.74, 6) is 0.314. The highest BCUT2D eigenvalue weighted by atomic mass is 35.5. The molecule has 18 heavy (non-hydrogen) atoms. The molecular formula is C15H17ClO2. The fraction of sp³-hybridized carbons (Fsp3) is 0.533. The summed E-state index contributed by atoms with van der Waals surface area (Å²) in [5.41, 5.74) is 2.84. The summed E-state index contributed by atoms with van der Waals surface area (Å²) in [7, 11) is 0. The Balaban J connectivity index is 2.01. The fourth-order valence-electron chi connectivity index (χ4n) is 3.67. The Morgan fingerprint density at radius 2 is 1.94 bits per heavy atom. The van der Waals surface area contributed by atoms with Crippen molar-refractivity contribution in [2.24, 2.45) is 17.8 Å². The molecule has 3 heteroatoms. The normalized spacial score (nSPS) is 43.5. The summed E-state index contributed by atoms with van der Waals surface area (Å²) < 4.78 is 5.54. The number of rotatable bonds is 0. The summed E-state index contributed by atoms with van der Waals surface area (Å²) in [6.07, 6.45) is 2.58. The van der Waals surface area contributed by atoms with E-state index in [2.05, 4.69) is 19.7 Å². The highest BCUT2D eigenvalue weighted by molar-refractivity contribution is 6.22. The van der Waals surface area contributed by atoms with Crippen molar-refractivity contribution in [3.63, 3.8) is 0 Å². The number of allylic oxidation sites excluding steroid dienone is 1. The first-order valence-electron chi connectivity index (χ1n) is 6.41. The summed E-state index contributed by atoms with van der Waals surface area (Å²) in [6, 6.07) is 0. The number of ether oxygens (including phenoxy) is 1. The van der Waals surface area contributed by atoms with Crippen molar-refractivity contribution >= 4 is 17.6 Å². The topological polar surface area (TPSA) is 26.3 Å². The van der Waals surface area contributed by atoms with E-state index in [1.54, 1.807) is 0 Å². The van der Waals surface area contributed by atoms with Crippen LogP contribution in [0.3, 0.4) is 0 Å². The molecule has 96 valence electrons. The van der Waals surface area contributed by atoms with Crippen LogP contribution < -0.4 is 0 Å². The highest BCUT2D eigenvalue weighted by Gasteiger charge is 2.52. The second kappa shape index (κ2) is 3.99. The first kappa shape index (κ1) is 12.0. The van der Waals surface area contributed by atoms with E-state index >= 15 is 0 Å². The van der Waals surface area contributed by atoms with Crippen molar-refractivity contribution in [3.8, 4) is 0 Å². The molecule has 0 N–H and O–H groups in total. The quantitative estimate of drug-likeness (QED) is 0.291. The van der Waals surface area contributed by atoms with Gasteiger partial charge >= 0.3 is 5.97 Å². The largest absolute Gasteiger partial charge is 0.458 e. The molecule has 3 rings (SSSR count). The van der Waals surface area contributed by atoms with Crippen molar-refractivity contribution in [2.45, 2.75) is 30.7 Å². The van der Waals surface area contributed by atoms with Crippen molar-refractivity contribution < 1.29 is 9.53 Å². The van der Waals surface area contributed by atoms with Crippen LogP contribution in [0.1, 0.15) is 19.3 Å². The molecule has 3 fully saturated rings. The van der Waals surface area contributed by atoms with Gasteiger partial charge in [-0.2, -0.15) is 0 Å². The first-order chi connectivity index (χ1) is 8.50.